The fourth-order valence-electron chi connectivity index (χ4n) is 4.04. The van der Waals surface area contributed by atoms with Gasteiger partial charge in [0.15, 0.2) is 11.6 Å². The van der Waals surface area contributed by atoms with Crippen LogP contribution in [0.1, 0.15) is 69.6 Å². The second-order valence-electron chi connectivity index (χ2n) is 7.93. The standard InChI is InChI=1S/C25H31F3O2/c1-3-5-6-7-8-17-9-13-21(25(28)24(17)27)20-12-10-18(15-22(20)26)23-14-11-19(16-30-23)29-4-2/h9-10,12-13,15,19,23H,3-8,11,14,16H2,1-2H3. The molecule has 3 rings (SSSR count). The van der Waals surface area contributed by atoms with E-state index in [0.29, 0.717) is 30.8 Å². The van der Waals surface area contributed by atoms with Crippen LogP contribution in [0.4, 0.5) is 13.2 Å². The highest BCUT2D eigenvalue weighted by Crippen LogP contribution is 2.34. The summed E-state index contributed by atoms with van der Waals surface area (Å²) < 4.78 is 55.4. The molecule has 2 atom stereocenters. The van der Waals surface area contributed by atoms with E-state index in [1.165, 1.54) is 18.2 Å². The highest BCUT2D eigenvalue weighted by atomic mass is 19.2. The van der Waals surface area contributed by atoms with E-state index >= 15 is 0 Å². The lowest BCUT2D eigenvalue weighted by Gasteiger charge is -2.29. The molecule has 1 aliphatic heterocycles. The third kappa shape index (κ3) is 5.44. The molecule has 0 spiro atoms. The summed E-state index contributed by atoms with van der Waals surface area (Å²) in [5.74, 6) is -2.43. The first-order chi connectivity index (χ1) is 14.5. The minimum absolute atomic E-state index is 0.0465. The van der Waals surface area contributed by atoms with Crippen molar-refractivity contribution in [3.05, 3.63) is 58.9 Å². The Bertz CT molecular complexity index is 829. The highest BCUT2D eigenvalue weighted by Gasteiger charge is 2.24. The van der Waals surface area contributed by atoms with Crippen LogP contribution in [0.5, 0.6) is 0 Å². The van der Waals surface area contributed by atoms with Gasteiger partial charge in [0.05, 0.1) is 18.8 Å². The molecule has 2 aromatic rings. The lowest BCUT2D eigenvalue weighted by atomic mass is 9.95. The van der Waals surface area contributed by atoms with E-state index in [9.17, 15) is 13.2 Å². The van der Waals surface area contributed by atoms with Crippen molar-refractivity contribution in [3.8, 4) is 11.1 Å². The molecule has 5 heteroatoms. The first-order valence-corrected chi connectivity index (χ1v) is 11.0. The number of hydrogen-bond acceptors (Lipinski definition) is 2. The van der Waals surface area contributed by atoms with E-state index in [-0.39, 0.29) is 23.3 Å². The summed E-state index contributed by atoms with van der Waals surface area (Å²) in [7, 11) is 0. The van der Waals surface area contributed by atoms with E-state index in [0.717, 1.165) is 38.5 Å². The molecule has 0 bridgehead atoms. The van der Waals surface area contributed by atoms with Crippen LogP contribution in [0.25, 0.3) is 11.1 Å². The predicted molar refractivity (Wildman–Crippen MR) is 113 cm³/mol. The van der Waals surface area contributed by atoms with Crippen LogP contribution in [0.3, 0.4) is 0 Å². The number of aryl methyl sites for hydroxylation is 1. The molecule has 1 fully saturated rings. The monoisotopic (exact) mass is 420 g/mol. The minimum Gasteiger partial charge on any atom is -0.376 e. The van der Waals surface area contributed by atoms with Crippen molar-refractivity contribution in [3.63, 3.8) is 0 Å². The van der Waals surface area contributed by atoms with Crippen LogP contribution in [-0.4, -0.2) is 19.3 Å². The van der Waals surface area contributed by atoms with Gasteiger partial charge in [-0.1, -0.05) is 50.5 Å². The molecule has 2 nitrogen and oxygen atoms in total. The Morgan fingerprint density at radius 2 is 1.73 bits per heavy atom. The SMILES string of the molecule is CCCCCCc1ccc(-c2ccc(C3CCC(OCC)CO3)cc2F)c(F)c1F. The minimum atomic E-state index is -0.983. The third-order valence-electron chi connectivity index (χ3n) is 5.75. The van der Waals surface area contributed by atoms with Gasteiger partial charge < -0.3 is 9.47 Å². The molecule has 1 aliphatic rings. The van der Waals surface area contributed by atoms with Crippen molar-refractivity contribution < 1.29 is 22.6 Å². The van der Waals surface area contributed by atoms with Gasteiger partial charge in [-0.3, -0.25) is 0 Å². The van der Waals surface area contributed by atoms with E-state index in [1.54, 1.807) is 12.1 Å². The van der Waals surface area contributed by atoms with Crippen LogP contribution in [0.2, 0.25) is 0 Å². The molecule has 0 saturated carbocycles. The van der Waals surface area contributed by atoms with E-state index in [4.69, 9.17) is 9.47 Å². The van der Waals surface area contributed by atoms with Crippen LogP contribution in [-0.2, 0) is 15.9 Å². The van der Waals surface area contributed by atoms with Gasteiger partial charge in [-0.05, 0) is 49.8 Å². The van der Waals surface area contributed by atoms with Gasteiger partial charge in [0, 0.05) is 17.7 Å². The van der Waals surface area contributed by atoms with Gasteiger partial charge in [0.2, 0.25) is 0 Å². The quantitative estimate of drug-likeness (QED) is 0.401. The van der Waals surface area contributed by atoms with Crippen LogP contribution < -0.4 is 0 Å². The molecule has 0 aromatic heterocycles. The fraction of sp³-hybridized carbons (Fsp3) is 0.520. The summed E-state index contributed by atoms with van der Waals surface area (Å²) >= 11 is 0. The zero-order chi connectivity index (χ0) is 21.5. The Balaban J connectivity index is 1.73. The van der Waals surface area contributed by atoms with E-state index < -0.39 is 17.5 Å². The lowest BCUT2D eigenvalue weighted by molar-refractivity contribution is -0.0840. The maximum absolute atomic E-state index is 14.8. The number of hydrogen-bond donors (Lipinski definition) is 0. The normalized spacial score (nSPS) is 19.2. The molecule has 2 unspecified atom stereocenters. The van der Waals surface area contributed by atoms with Gasteiger partial charge in [-0.15, -0.1) is 0 Å². The van der Waals surface area contributed by atoms with Gasteiger partial charge >= 0.3 is 0 Å². The Hall–Kier alpha value is -1.85. The molecule has 0 aliphatic carbocycles. The Morgan fingerprint density at radius 3 is 2.40 bits per heavy atom. The zero-order valence-corrected chi connectivity index (χ0v) is 17.9. The molecule has 0 amide bonds. The molecule has 1 saturated heterocycles. The Morgan fingerprint density at radius 1 is 0.933 bits per heavy atom. The second kappa shape index (κ2) is 11.0. The van der Waals surface area contributed by atoms with Crippen LogP contribution in [0.15, 0.2) is 30.3 Å². The summed E-state index contributed by atoms with van der Waals surface area (Å²) in [6, 6.07) is 7.68. The van der Waals surface area contributed by atoms with E-state index in [1.807, 2.05) is 6.92 Å². The highest BCUT2D eigenvalue weighted by molar-refractivity contribution is 5.66. The summed E-state index contributed by atoms with van der Waals surface area (Å²) in [6.07, 6.45) is 5.92. The molecule has 2 aromatic carbocycles. The maximum Gasteiger partial charge on any atom is 0.167 e. The molecule has 0 radical (unpaired) electrons. The molecule has 0 N–H and O–H groups in total. The molecule has 1 heterocycles. The maximum atomic E-state index is 14.8. The zero-order valence-electron chi connectivity index (χ0n) is 17.9. The van der Waals surface area contributed by atoms with Gasteiger partial charge in [-0.25, -0.2) is 13.2 Å². The number of benzene rings is 2. The van der Waals surface area contributed by atoms with Crippen LogP contribution >= 0.6 is 0 Å². The first kappa shape index (κ1) is 22.8. The average Bonchev–Trinajstić information content (AvgIpc) is 2.75. The summed E-state index contributed by atoms with van der Waals surface area (Å²) in [6.45, 7) is 5.16. The summed E-state index contributed by atoms with van der Waals surface area (Å²) in [5.41, 5.74) is 1.08. The molecule has 164 valence electrons. The number of halogens is 3. The lowest BCUT2D eigenvalue weighted by Crippen LogP contribution is -2.27. The van der Waals surface area contributed by atoms with Crippen molar-refractivity contribution in [2.45, 2.75) is 71.0 Å². The van der Waals surface area contributed by atoms with E-state index in [2.05, 4.69) is 6.92 Å². The molecule has 30 heavy (non-hydrogen) atoms. The Labute approximate surface area is 177 Å². The van der Waals surface area contributed by atoms with Crippen LogP contribution in [0, 0.1) is 17.5 Å². The largest absolute Gasteiger partial charge is 0.376 e. The topological polar surface area (TPSA) is 18.5 Å². The van der Waals surface area contributed by atoms with Gasteiger partial charge in [0.1, 0.15) is 5.82 Å². The van der Waals surface area contributed by atoms with Gasteiger partial charge in [-0.2, -0.15) is 0 Å². The van der Waals surface area contributed by atoms with Crippen molar-refractivity contribution in [1.29, 1.82) is 0 Å². The Kier molecular flexibility index (Phi) is 8.34. The smallest absolute Gasteiger partial charge is 0.167 e. The number of ether oxygens (including phenoxy) is 2. The molecular weight excluding hydrogens is 389 g/mol. The number of rotatable bonds is 9. The average molecular weight is 421 g/mol. The van der Waals surface area contributed by atoms with Crippen molar-refractivity contribution in [2.24, 2.45) is 0 Å². The van der Waals surface area contributed by atoms with Crippen molar-refractivity contribution in [2.75, 3.05) is 13.2 Å². The second-order valence-corrected chi connectivity index (χ2v) is 7.93. The fourth-order valence-corrected chi connectivity index (χ4v) is 4.04. The van der Waals surface area contributed by atoms with Crippen molar-refractivity contribution in [1.82, 2.24) is 0 Å². The predicted octanol–water partition coefficient (Wildman–Crippen LogP) is 7.15. The van der Waals surface area contributed by atoms with Gasteiger partial charge in [0.25, 0.3) is 0 Å². The number of unbranched alkanes of at least 4 members (excludes halogenated alkanes) is 3. The third-order valence-corrected chi connectivity index (χ3v) is 5.75. The molecular formula is C25H31F3O2. The summed E-state index contributed by atoms with van der Waals surface area (Å²) in [4.78, 5) is 0. The van der Waals surface area contributed by atoms with Crippen molar-refractivity contribution >= 4 is 0 Å². The first-order valence-electron chi connectivity index (χ1n) is 11.0. The summed E-state index contributed by atoms with van der Waals surface area (Å²) in [5, 5.41) is 0.